The van der Waals surface area contributed by atoms with Crippen molar-refractivity contribution in [2.24, 2.45) is 0 Å². The molecule has 1 aromatic rings. The predicted octanol–water partition coefficient (Wildman–Crippen LogP) is 2.17. The van der Waals surface area contributed by atoms with Crippen LogP contribution < -0.4 is 10.6 Å². The van der Waals surface area contributed by atoms with Crippen molar-refractivity contribution in [1.29, 1.82) is 10.5 Å². The lowest BCUT2D eigenvalue weighted by Crippen LogP contribution is -2.34. The molecule has 144 valence electrons. The minimum absolute atomic E-state index is 0.169. The van der Waals surface area contributed by atoms with Gasteiger partial charge in [-0.25, -0.2) is 0 Å². The number of allylic oxidation sites excluding steroid dienone is 1. The summed E-state index contributed by atoms with van der Waals surface area (Å²) >= 11 is 0. The highest BCUT2D eigenvalue weighted by atomic mass is 15.3. The van der Waals surface area contributed by atoms with Crippen molar-refractivity contribution in [1.82, 2.24) is 20.4 Å². The Kier molecular flexibility index (Phi) is 8.64. The van der Waals surface area contributed by atoms with Crippen molar-refractivity contribution in [3.63, 3.8) is 0 Å². The Hall–Kier alpha value is -2.54. The van der Waals surface area contributed by atoms with Crippen LogP contribution in [0.5, 0.6) is 0 Å². The number of nitrogens with one attached hydrogen (secondary N) is 2. The smallest absolute Gasteiger partial charge is 0.169 e. The third-order valence-electron chi connectivity index (χ3n) is 4.77. The van der Waals surface area contributed by atoms with Crippen LogP contribution in [0.1, 0.15) is 31.4 Å². The van der Waals surface area contributed by atoms with E-state index in [0.717, 1.165) is 58.8 Å². The average molecular weight is 367 g/mol. The molecule has 1 aromatic carbocycles. The predicted molar refractivity (Wildman–Crippen MR) is 107 cm³/mol. The zero-order valence-electron chi connectivity index (χ0n) is 16.5. The van der Waals surface area contributed by atoms with E-state index in [1.165, 1.54) is 11.1 Å². The first-order valence-electron chi connectivity index (χ1n) is 9.76. The molecule has 1 heterocycles. The van der Waals surface area contributed by atoms with Gasteiger partial charge in [-0.1, -0.05) is 38.1 Å². The van der Waals surface area contributed by atoms with Crippen molar-refractivity contribution in [3.05, 3.63) is 46.8 Å². The van der Waals surface area contributed by atoms with E-state index in [1.807, 2.05) is 12.1 Å². The number of nitrogens with zero attached hydrogens (tertiary/aromatic N) is 4. The van der Waals surface area contributed by atoms with Crippen LogP contribution >= 0.6 is 0 Å². The Morgan fingerprint density at radius 3 is 2.52 bits per heavy atom. The molecule has 0 atom stereocenters. The van der Waals surface area contributed by atoms with E-state index in [4.69, 9.17) is 10.5 Å². The number of hydrogen-bond acceptors (Lipinski definition) is 6. The minimum Gasteiger partial charge on any atom is -0.368 e. The van der Waals surface area contributed by atoms with Gasteiger partial charge in [0.2, 0.25) is 0 Å². The van der Waals surface area contributed by atoms with Gasteiger partial charge < -0.3 is 15.5 Å². The molecule has 1 aliphatic heterocycles. The molecule has 0 aromatic heterocycles. The number of hydrogen-bond donors (Lipinski definition) is 2. The Labute approximate surface area is 163 Å². The fraction of sp³-hybridized carbons (Fsp3) is 0.524. The molecule has 0 spiro atoms. The minimum atomic E-state index is 0.169. The Bertz CT molecular complexity index is 679. The molecule has 1 aliphatic rings. The quantitative estimate of drug-likeness (QED) is 0.488. The Balaban J connectivity index is 1.88. The maximum absolute atomic E-state index is 9.10. The highest BCUT2D eigenvalue weighted by molar-refractivity contribution is 5.39. The van der Waals surface area contributed by atoms with Crippen LogP contribution in [0.2, 0.25) is 0 Å². The second kappa shape index (κ2) is 11.2. The van der Waals surface area contributed by atoms with Gasteiger partial charge >= 0.3 is 0 Å². The molecule has 1 saturated heterocycles. The van der Waals surface area contributed by atoms with Crippen LogP contribution in [0, 0.1) is 22.7 Å². The molecule has 0 bridgehead atoms. The summed E-state index contributed by atoms with van der Waals surface area (Å²) in [4.78, 5) is 4.49. The Morgan fingerprint density at radius 2 is 1.89 bits per heavy atom. The van der Waals surface area contributed by atoms with Crippen LogP contribution in [0.15, 0.2) is 35.7 Å². The molecule has 0 aliphatic carbocycles. The first kappa shape index (κ1) is 20.8. The molecule has 0 unspecified atom stereocenters. The van der Waals surface area contributed by atoms with Gasteiger partial charge in [0.1, 0.15) is 18.0 Å². The van der Waals surface area contributed by atoms with Crippen molar-refractivity contribution in [2.45, 2.75) is 33.4 Å². The summed E-state index contributed by atoms with van der Waals surface area (Å²) in [7, 11) is 0. The van der Waals surface area contributed by atoms with Crippen LogP contribution in [0.4, 0.5) is 0 Å². The molecular weight excluding hydrogens is 336 g/mol. The highest BCUT2D eigenvalue weighted by Crippen LogP contribution is 2.13. The van der Waals surface area contributed by atoms with E-state index < -0.39 is 0 Å². The first-order chi connectivity index (χ1) is 13.2. The van der Waals surface area contributed by atoms with E-state index >= 15 is 0 Å². The Morgan fingerprint density at radius 1 is 1.19 bits per heavy atom. The molecule has 1 fully saturated rings. The fourth-order valence-electron chi connectivity index (χ4n) is 3.18. The van der Waals surface area contributed by atoms with Gasteiger partial charge in [-0.3, -0.25) is 4.90 Å². The number of rotatable bonds is 10. The second-order valence-electron chi connectivity index (χ2n) is 6.72. The molecule has 6 heteroatoms. The van der Waals surface area contributed by atoms with Gasteiger partial charge in [0.05, 0.1) is 0 Å². The zero-order valence-corrected chi connectivity index (χ0v) is 16.5. The standard InChI is InChI=1S/C21H30N6/c1-3-9-24-16-18-5-7-19(8-6-18)17-26(4-2)12-13-27-11-10-25-21(27)20(14-22)15-23/h5-8,24-25H,3-4,9-13,16-17H2,1-2H3. The average Bonchev–Trinajstić information content (AvgIpc) is 3.16. The van der Waals surface area contributed by atoms with Gasteiger partial charge in [-0.05, 0) is 30.6 Å². The molecule has 6 nitrogen and oxygen atoms in total. The third-order valence-corrected chi connectivity index (χ3v) is 4.77. The molecule has 27 heavy (non-hydrogen) atoms. The first-order valence-corrected chi connectivity index (χ1v) is 9.76. The summed E-state index contributed by atoms with van der Waals surface area (Å²) in [5.74, 6) is 0.681. The summed E-state index contributed by atoms with van der Waals surface area (Å²) in [6, 6.07) is 12.8. The maximum Gasteiger partial charge on any atom is 0.169 e. The zero-order chi connectivity index (χ0) is 19.5. The second-order valence-corrected chi connectivity index (χ2v) is 6.72. The summed E-state index contributed by atoms with van der Waals surface area (Å²) in [5.41, 5.74) is 2.79. The van der Waals surface area contributed by atoms with Gasteiger partial charge in [0, 0.05) is 39.3 Å². The van der Waals surface area contributed by atoms with Crippen LogP contribution in [-0.4, -0.2) is 49.1 Å². The molecule has 0 amide bonds. The summed E-state index contributed by atoms with van der Waals surface area (Å²) in [5, 5.41) is 24.8. The molecule has 2 N–H and O–H groups in total. The summed E-state index contributed by atoms with van der Waals surface area (Å²) < 4.78 is 0. The maximum atomic E-state index is 9.10. The SMILES string of the molecule is CCCNCc1ccc(CN(CC)CCN2CCNC2=C(C#N)C#N)cc1. The largest absolute Gasteiger partial charge is 0.368 e. The molecular formula is C21H30N6. The molecule has 2 rings (SSSR count). The van der Waals surface area contributed by atoms with Crippen molar-refractivity contribution in [2.75, 3.05) is 39.3 Å². The van der Waals surface area contributed by atoms with E-state index in [1.54, 1.807) is 0 Å². The number of benzene rings is 1. The van der Waals surface area contributed by atoms with E-state index in [-0.39, 0.29) is 5.57 Å². The van der Waals surface area contributed by atoms with Crippen LogP contribution in [0.3, 0.4) is 0 Å². The van der Waals surface area contributed by atoms with Crippen molar-refractivity contribution in [3.8, 4) is 12.1 Å². The van der Waals surface area contributed by atoms with E-state index in [2.05, 4.69) is 58.5 Å². The lowest BCUT2D eigenvalue weighted by Gasteiger charge is -2.25. The third kappa shape index (κ3) is 6.29. The van der Waals surface area contributed by atoms with Gasteiger partial charge in [0.25, 0.3) is 0 Å². The van der Waals surface area contributed by atoms with E-state index in [0.29, 0.717) is 5.82 Å². The van der Waals surface area contributed by atoms with Crippen molar-refractivity contribution >= 4 is 0 Å². The molecule has 0 radical (unpaired) electrons. The number of likely N-dealkylation sites (N-methyl/N-ethyl adjacent to an activating group) is 1. The van der Waals surface area contributed by atoms with Crippen LogP contribution in [-0.2, 0) is 13.1 Å². The monoisotopic (exact) mass is 366 g/mol. The fourth-order valence-corrected chi connectivity index (χ4v) is 3.18. The lowest BCUT2D eigenvalue weighted by atomic mass is 10.1. The van der Waals surface area contributed by atoms with Gasteiger partial charge in [-0.2, -0.15) is 10.5 Å². The van der Waals surface area contributed by atoms with E-state index in [9.17, 15) is 0 Å². The normalized spacial score (nSPS) is 13.4. The van der Waals surface area contributed by atoms with Gasteiger partial charge in [-0.15, -0.1) is 0 Å². The lowest BCUT2D eigenvalue weighted by molar-refractivity contribution is 0.242. The topological polar surface area (TPSA) is 78.1 Å². The van der Waals surface area contributed by atoms with Crippen LogP contribution in [0.25, 0.3) is 0 Å². The molecule has 0 saturated carbocycles. The summed E-state index contributed by atoms with van der Waals surface area (Å²) in [6.07, 6.45) is 1.15. The highest BCUT2D eigenvalue weighted by Gasteiger charge is 2.21. The summed E-state index contributed by atoms with van der Waals surface area (Å²) in [6.45, 7) is 11.5. The number of nitriles is 2. The van der Waals surface area contributed by atoms with Crippen molar-refractivity contribution < 1.29 is 0 Å². The van der Waals surface area contributed by atoms with Gasteiger partial charge in [0.15, 0.2) is 5.57 Å².